The third-order valence-corrected chi connectivity index (χ3v) is 4.55. The second-order valence-corrected chi connectivity index (χ2v) is 8.47. The highest BCUT2D eigenvalue weighted by Gasteiger charge is 2.12. The van der Waals surface area contributed by atoms with Crippen molar-refractivity contribution in [2.45, 2.75) is 18.7 Å². The van der Waals surface area contributed by atoms with Gasteiger partial charge in [-0.2, -0.15) is 0 Å². The normalized spacial score (nSPS) is 11.1. The molecule has 0 spiro atoms. The van der Waals surface area contributed by atoms with Gasteiger partial charge in [-0.3, -0.25) is 10.1 Å². The van der Waals surface area contributed by atoms with Crippen molar-refractivity contribution in [1.29, 1.82) is 0 Å². The van der Waals surface area contributed by atoms with Crippen molar-refractivity contribution in [2.75, 3.05) is 23.5 Å². The van der Waals surface area contributed by atoms with Crippen LogP contribution in [-0.4, -0.2) is 33.3 Å². The molecule has 0 saturated carbocycles. The molecule has 144 valence electrons. The van der Waals surface area contributed by atoms with E-state index in [1.807, 2.05) is 13.8 Å². The van der Waals surface area contributed by atoms with E-state index in [0.29, 0.717) is 18.0 Å². The minimum absolute atomic E-state index is 0.0680. The molecule has 0 aliphatic carbocycles. The molecule has 0 bridgehead atoms. The number of benzene rings is 2. The fourth-order valence-electron chi connectivity index (χ4n) is 2.14. The Labute approximate surface area is 158 Å². The maximum absolute atomic E-state index is 12.4. The van der Waals surface area contributed by atoms with Gasteiger partial charge in [-0.15, -0.1) is 0 Å². The molecule has 27 heavy (non-hydrogen) atoms. The van der Waals surface area contributed by atoms with Crippen molar-refractivity contribution in [1.82, 2.24) is 0 Å². The molecule has 0 aliphatic rings. The largest absolute Gasteiger partial charge is 0.449 e. The Morgan fingerprint density at radius 3 is 2.26 bits per heavy atom. The molecule has 0 fully saturated rings. The summed E-state index contributed by atoms with van der Waals surface area (Å²) in [6, 6.07) is 12.3. The van der Waals surface area contributed by atoms with E-state index in [2.05, 4.69) is 10.6 Å². The van der Waals surface area contributed by atoms with E-state index in [1.54, 1.807) is 24.3 Å². The number of sulfone groups is 1. The standard InChI is InChI=1S/C19H22N2O5S/c1-13(2)12-26-19(23)21-16-8-5-7-15(11-16)20-18(22)14-6-4-9-17(10-14)27(3,24)25/h4-11,13H,12H2,1-3H3,(H,20,22)(H,21,23). The van der Waals surface area contributed by atoms with E-state index in [-0.39, 0.29) is 16.4 Å². The lowest BCUT2D eigenvalue weighted by Gasteiger charge is -2.11. The van der Waals surface area contributed by atoms with Crippen LogP contribution in [0.2, 0.25) is 0 Å². The SMILES string of the molecule is CC(C)COC(=O)Nc1cccc(NC(=O)c2cccc(S(C)(=O)=O)c2)c1. The first-order chi connectivity index (χ1) is 12.6. The predicted octanol–water partition coefficient (Wildman–Crippen LogP) is 3.55. The first-order valence-electron chi connectivity index (χ1n) is 8.30. The van der Waals surface area contributed by atoms with Gasteiger partial charge in [-0.25, -0.2) is 13.2 Å². The molecule has 0 saturated heterocycles. The lowest BCUT2D eigenvalue weighted by molar-refractivity contribution is 0.102. The van der Waals surface area contributed by atoms with Gasteiger partial charge in [0.05, 0.1) is 11.5 Å². The Kier molecular flexibility index (Phi) is 6.57. The summed E-state index contributed by atoms with van der Waals surface area (Å²) in [7, 11) is -3.41. The molecular formula is C19H22N2O5S. The third kappa shape index (κ3) is 6.41. The van der Waals surface area contributed by atoms with Gasteiger partial charge >= 0.3 is 6.09 Å². The summed E-state index contributed by atoms with van der Waals surface area (Å²) in [5.74, 6) is -0.232. The number of anilines is 2. The summed E-state index contributed by atoms with van der Waals surface area (Å²) in [4.78, 5) is 24.2. The summed E-state index contributed by atoms with van der Waals surface area (Å²) in [5.41, 5.74) is 1.13. The van der Waals surface area contributed by atoms with Crippen molar-refractivity contribution in [2.24, 2.45) is 5.92 Å². The number of amides is 2. The van der Waals surface area contributed by atoms with Gasteiger partial charge in [0.1, 0.15) is 0 Å². The maximum Gasteiger partial charge on any atom is 0.411 e. The van der Waals surface area contributed by atoms with Crippen LogP contribution in [0, 0.1) is 5.92 Å². The second kappa shape index (κ2) is 8.68. The molecule has 2 rings (SSSR count). The molecule has 0 aliphatic heterocycles. The number of nitrogens with one attached hydrogen (secondary N) is 2. The third-order valence-electron chi connectivity index (χ3n) is 3.44. The van der Waals surface area contributed by atoms with Crippen LogP contribution in [0.4, 0.5) is 16.2 Å². The number of carbonyl (C=O) groups is 2. The number of carbonyl (C=O) groups excluding carboxylic acids is 2. The van der Waals surface area contributed by atoms with E-state index in [9.17, 15) is 18.0 Å². The smallest absolute Gasteiger partial charge is 0.411 e. The highest BCUT2D eigenvalue weighted by molar-refractivity contribution is 7.90. The molecule has 2 N–H and O–H groups in total. The Morgan fingerprint density at radius 2 is 1.63 bits per heavy atom. The van der Waals surface area contributed by atoms with Crippen LogP contribution < -0.4 is 10.6 Å². The number of hydrogen-bond acceptors (Lipinski definition) is 5. The van der Waals surface area contributed by atoms with Gasteiger partial charge in [0, 0.05) is 23.2 Å². The molecule has 2 amide bonds. The molecular weight excluding hydrogens is 368 g/mol. The maximum atomic E-state index is 12.4. The fourth-order valence-corrected chi connectivity index (χ4v) is 2.81. The van der Waals surface area contributed by atoms with Crippen molar-refractivity contribution in [3.8, 4) is 0 Å². The van der Waals surface area contributed by atoms with Gasteiger partial charge in [0.2, 0.25) is 0 Å². The van der Waals surface area contributed by atoms with E-state index >= 15 is 0 Å². The molecule has 8 heteroatoms. The molecule has 0 aromatic heterocycles. The quantitative estimate of drug-likeness (QED) is 0.785. The van der Waals surface area contributed by atoms with Crippen LogP contribution in [0.5, 0.6) is 0 Å². The van der Waals surface area contributed by atoms with E-state index < -0.39 is 21.8 Å². The lowest BCUT2D eigenvalue weighted by Crippen LogP contribution is -2.17. The fraction of sp³-hybridized carbons (Fsp3) is 0.263. The zero-order valence-electron chi connectivity index (χ0n) is 15.4. The Bertz CT molecular complexity index is 939. The number of rotatable bonds is 6. The highest BCUT2D eigenvalue weighted by Crippen LogP contribution is 2.18. The molecule has 7 nitrogen and oxygen atoms in total. The van der Waals surface area contributed by atoms with Gasteiger partial charge < -0.3 is 10.1 Å². The van der Waals surface area contributed by atoms with E-state index in [4.69, 9.17) is 4.74 Å². The van der Waals surface area contributed by atoms with Crippen LogP contribution in [0.25, 0.3) is 0 Å². The predicted molar refractivity (Wildman–Crippen MR) is 104 cm³/mol. The van der Waals surface area contributed by atoms with Crippen molar-refractivity contribution in [3.63, 3.8) is 0 Å². The lowest BCUT2D eigenvalue weighted by atomic mass is 10.2. The second-order valence-electron chi connectivity index (χ2n) is 6.45. The van der Waals surface area contributed by atoms with Gasteiger partial charge in [0.15, 0.2) is 9.84 Å². The van der Waals surface area contributed by atoms with Crippen LogP contribution in [0.3, 0.4) is 0 Å². The van der Waals surface area contributed by atoms with Crippen molar-refractivity contribution >= 4 is 33.2 Å². The molecule has 2 aromatic carbocycles. The number of hydrogen-bond donors (Lipinski definition) is 2. The summed E-state index contributed by atoms with van der Waals surface area (Å²) in [6.07, 6.45) is 0.505. The first-order valence-corrected chi connectivity index (χ1v) is 10.2. The molecule has 2 aromatic rings. The average molecular weight is 390 g/mol. The zero-order chi connectivity index (χ0) is 20.0. The highest BCUT2D eigenvalue weighted by atomic mass is 32.2. The summed E-state index contributed by atoms with van der Waals surface area (Å²) in [6.45, 7) is 4.17. The van der Waals surface area contributed by atoms with E-state index in [1.165, 1.54) is 24.3 Å². The van der Waals surface area contributed by atoms with Crippen LogP contribution in [0.1, 0.15) is 24.2 Å². The summed E-state index contributed by atoms with van der Waals surface area (Å²) >= 11 is 0. The molecule has 0 unspecified atom stereocenters. The average Bonchev–Trinajstić information content (AvgIpc) is 2.59. The summed E-state index contributed by atoms with van der Waals surface area (Å²) in [5, 5.41) is 5.26. The van der Waals surface area contributed by atoms with Crippen molar-refractivity contribution in [3.05, 3.63) is 54.1 Å². The van der Waals surface area contributed by atoms with Crippen molar-refractivity contribution < 1.29 is 22.7 Å². The molecule has 0 atom stereocenters. The van der Waals surface area contributed by atoms with Gasteiger partial charge in [0.25, 0.3) is 5.91 Å². The van der Waals surface area contributed by atoms with Crippen LogP contribution in [0.15, 0.2) is 53.4 Å². The minimum atomic E-state index is -3.41. The van der Waals surface area contributed by atoms with Gasteiger partial charge in [-0.05, 0) is 42.3 Å². The van der Waals surface area contributed by atoms with E-state index in [0.717, 1.165) is 6.26 Å². The monoisotopic (exact) mass is 390 g/mol. The number of ether oxygens (including phenoxy) is 1. The van der Waals surface area contributed by atoms with Gasteiger partial charge in [-0.1, -0.05) is 26.0 Å². The van der Waals surface area contributed by atoms with Crippen LogP contribution in [-0.2, 0) is 14.6 Å². The minimum Gasteiger partial charge on any atom is -0.449 e. The topological polar surface area (TPSA) is 102 Å². The molecule has 0 heterocycles. The van der Waals surface area contributed by atoms with Crippen LogP contribution >= 0.6 is 0 Å². The summed E-state index contributed by atoms with van der Waals surface area (Å²) < 4.78 is 28.3. The Hall–Kier alpha value is -2.87. The molecule has 0 radical (unpaired) electrons. The Morgan fingerprint density at radius 1 is 1.00 bits per heavy atom. The first kappa shape index (κ1) is 20.4. The zero-order valence-corrected chi connectivity index (χ0v) is 16.2. The Balaban J connectivity index is 2.07.